The van der Waals surface area contributed by atoms with Crippen LogP contribution in [0.4, 0.5) is 0 Å². The molecule has 1 unspecified atom stereocenters. The number of halogens is 1. The molecular weight excluding hydrogens is 318 g/mol. The van der Waals surface area contributed by atoms with E-state index in [-0.39, 0.29) is 4.90 Å². The van der Waals surface area contributed by atoms with Crippen LogP contribution < -0.4 is 4.72 Å². The molecule has 1 aromatic rings. The molecular formula is C12H18ClNO4SSi. The van der Waals surface area contributed by atoms with Crippen molar-refractivity contribution in [3.63, 3.8) is 0 Å². The third-order valence-corrected chi connectivity index (χ3v) is 4.93. The van der Waals surface area contributed by atoms with Gasteiger partial charge in [0.1, 0.15) is 6.10 Å². The van der Waals surface area contributed by atoms with Gasteiger partial charge in [-0.15, -0.1) is 0 Å². The second-order valence-electron chi connectivity index (χ2n) is 5.30. The van der Waals surface area contributed by atoms with Crippen LogP contribution in [0.2, 0.25) is 24.7 Å². The number of hydrogen-bond donors (Lipinski definition) is 1. The Morgan fingerprint density at radius 1 is 1.25 bits per heavy atom. The first-order chi connectivity index (χ1) is 9.01. The maximum absolute atomic E-state index is 12.0. The predicted octanol–water partition coefficient (Wildman–Crippen LogP) is 2.38. The summed E-state index contributed by atoms with van der Waals surface area (Å²) in [4.78, 5) is 11.8. The van der Waals surface area contributed by atoms with Crippen molar-refractivity contribution >= 4 is 35.8 Å². The third-order valence-electron chi connectivity index (χ3n) is 2.26. The van der Waals surface area contributed by atoms with Crippen LogP contribution in [0.15, 0.2) is 29.2 Å². The summed E-state index contributed by atoms with van der Waals surface area (Å²) in [6.45, 7) is 7.30. The molecule has 0 spiro atoms. The van der Waals surface area contributed by atoms with E-state index in [0.29, 0.717) is 5.02 Å². The highest BCUT2D eigenvalue weighted by Crippen LogP contribution is 2.14. The van der Waals surface area contributed by atoms with Crippen molar-refractivity contribution in [1.82, 2.24) is 4.72 Å². The molecule has 1 amide bonds. The molecule has 0 aromatic heterocycles. The Morgan fingerprint density at radius 3 is 2.20 bits per heavy atom. The van der Waals surface area contributed by atoms with Crippen LogP contribution in [0, 0.1) is 0 Å². The molecule has 0 aliphatic heterocycles. The lowest BCUT2D eigenvalue weighted by Gasteiger charge is -2.22. The van der Waals surface area contributed by atoms with Gasteiger partial charge >= 0.3 is 0 Å². The average molecular weight is 336 g/mol. The molecule has 0 aliphatic rings. The number of amides is 1. The van der Waals surface area contributed by atoms with E-state index in [2.05, 4.69) is 0 Å². The fourth-order valence-electron chi connectivity index (χ4n) is 1.47. The van der Waals surface area contributed by atoms with Crippen LogP contribution >= 0.6 is 11.6 Å². The van der Waals surface area contributed by atoms with Gasteiger partial charge < -0.3 is 4.43 Å². The van der Waals surface area contributed by atoms with Crippen molar-refractivity contribution in [1.29, 1.82) is 0 Å². The van der Waals surface area contributed by atoms with Crippen LogP contribution in [-0.4, -0.2) is 28.7 Å². The number of sulfonamides is 1. The monoisotopic (exact) mass is 335 g/mol. The molecule has 0 saturated heterocycles. The Labute approximate surface area is 125 Å². The van der Waals surface area contributed by atoms with Gasteiger partial charge in [0.15, 0.2) is 8.32 Å². The summed E-state index contributed by atoms with van der Waals surface area (Å²) in [5, 5.41) is 0.422. The molecule has 0 radical (unpaired) electrons. The van der Waals surface area contributed by atoms with Gasteiger partial charge in [0.05, 0.1) is 4.90 Å². The minimum Gasteiger partial charge on any atom is -0.406 e. The van der Waals surface area contributed by atoms with E-state index >= 15 is 0 Å². The first-order valence-electron chi connectivity index (χ1n) is 6.01. The number of benzene rings is 1. The zero-order chi connectivity index (χ0) is 15.6. The van der Waals surface area contributed by atoms with Gasteiger partial charge in [-0.3, -0.25) is 4.79 Å². The summed E-state index contributed by atoms with van der Waals surface area (Å²) in [5.41, 5.74) is 0. The van der Waals surface area contributed by atoms with Gasteiger partial charge in [-0.25, -0.2) is 13.1 Å². The lowest BCUT2D eigenvalue weighted by atomic mass is 10.4. The van der Waals surface area contributed by atoms with Gasteiger partial charge in [-0.05, 0) is 50.8 Å². The van der Waals surface area contributed by atoms with Crippen molar-refractivity contribution in [2.24, 2.45) is 0 Å². The summed E-state index contributed by atoms with van der Waals surface area (Å²) in [6.07, 6.45) is -0.816. The zero-order valence-corrected chi connectivity index (χ0v) is 14.4. The third kappa shape index (κ3) is 5.24. The molecule has 0 heterocycles. The van der Waals surface area contributed by atoms with Crippen molar-refractivity contribution in [3.8, 4) is 0 Å². The van der Waals surface area contributed by atoms with E-state index < -0.39 is 30.4 Å². The molecule has 5 nitrogen and oxygen atoms in total. The van der Waals surface area contributed by atoms with Crippen molar-refractivity contribution in [2.75, 3.05) is 0 Å². The maximum Gasteiger partial charge on any atom is 0.264 e. The van der Waals surface area contributed by atoms with Crippen molar-refractivity contribution in [3.05, 3.63) is 29.3 Å². The quantitative estimate of drug-likeness (QED) is 0.838. The fourth-order valence-corrected chi connectivity index (χ4v) is 3.81. The summed E-state index contributed by atoms with van der Waals surface area (Å²) in [7, 11) is -5.82. The van der Waals surface area contributed by atoms with Gasteiger partial charge in [-0.2, -0.15) is 0 Å². The van der Waals surface area contributed by atoms with Crippen molar-refractivity contribution < 1.29 is 17.6 Å². The summed E-state index contributed by atoms with van der Waals surface area (Å²) in [5.74, 6) is -0.678. The lowest BCUT2D eigenvalue weighted by Crippen LogP contribution is -2.43. The highest BCUT2D eigenvalue weighted by atomic mass is 35.5. The Kier molecular flexibility index (Phi) is 5.37. The number of rotatable bonds is 5. The number of carbonyl (C=O) groups excluding carboxylic acids is 1. The Hall–Kier alpha value is -0.893. The molecule has 112 valence electrons. The van der Waals surface area contributed by atoms with Gasteiger partial charge in [0, 0.05) is 5.02 Å². The second kappa shape index (κ2) is 6.25. The minimum absolute atomic E-state index is 0.0181. The van der Waals surface area contributed by atoms with Crippen LogP contribution in [0.5, 0.6) is 0 Å². The normalized spacial score (nSPS) is 13.8. The minimum atomic E-state index is -3.90. The standard InChI is InChI=1S/C12H18ClNO4SSi/c1-9(18-20(2,3)4)12(15)14-19(16,17)11-7-5-10(13)6-8-11/h5-9H,1-4H3,(H,14,15). The molecule has 1 rings (SSSR count). The Morgan fingerprint density at radius 2 is 1.75 bits per heavy atom. The molecule has 1 N–H and O–H groups in total. The SMILES string of the molecule is CC(O[Si](C)(C)C)C(=O)NS(=O)(=O)c1ccc(Cl)cc1. The summed E-state index contributed by atoms with van der Waals surface area (Å²) in [6, 6.07) is 5.56. The van der Waals surface area contributed by atoms with E-state index in [4.69, 9.17) is 16.0 Å². The first kappa shape index (κ1) is 17.2. The van der Waals surface area contributed by atoms with Crippen LogP contribution in [-0.2, 0) is 19.2 Å². The van der Waals surface area contributed by atoms with E-state index in [1.807, 2.05) is 24.4 Å². The molecule has 0 fully saturated rings. The smallest absolute Gasteiger partial charge is 0.264 e. The number of hydrogen-bond acceptors (Lipinski definition) is 4. The fraction of sp³-hybridized carbons (Fsp3) is 0.417. The van der Waals surface area contributed by atoms with Gasteiger partial charge in [0.2, 0.25) is 0 Å². The molecule has 20 heavy (non-hydrogen) atoms. The average Bonchev–Trinajstić information content (AvgIpc) is 2.26. The molecule has 8 heteroatoms. The Bertz CT molecular complexity index is 580. The van der Waals surface area contributed by atoms with E-state index in [9.17, 15) is 13.2 Å². The van der Waals surface area contributed by atoms with Crippen LogP contribution in [0.1, 0.15) is 6.92 Å². The second-order valence-corrected chi connectivity index (χ2v) is 11.9. The number of nitrogens with one attached hydrogen (secondary N) is 1. The molecule has 0 bridgehead atoms. The topological polar surface area (TPSA) is 72.5 Å². The van der Waals surface area contributed by atoms with Crippen LogP contribution in [0.25, 0.3) is 0 Å². The van der Waals surface area contributed by atoms with Crippen LogP contribution in [0.3, 0.4) is 0 Å². The highest BCUT2D eigenvalue weighted by Gasteiger charge is 2.26. The van der Waals surface area contributed by atoms with Gasteiger partial charge in [-0.1, -0.05) is 11.6 Å². The maximum atomic E-state index is 12.0. The molecule has 0 aliphatic carbocycles. The summed E-state index contributed by atoms with van der Waals surface area (Å²) >= 11 is 5.69. The zero-order valence-electron chi connectivity index (χ0n) is 11.8. The van der Waals surface area contributed by atoms with E-state index in [1.54, 1.807) is 0 Å². The van der Waals surface area contributed by atoms with E-state index in [1.165, 1.54) is 31.2 Å². The largest absolute Gasteiger partial charge is 0.406 e. The van der Waals surface area contributed by atoms with Crippen molar-refractivity contribution in [2.45, 2.75) is 37.6 Å². The highest BCUT2D eigenvalue weighted by molar-refractivity contribution is 7.90. The first-order valence-corrected chi connectivity index (χ1v) is 11.3. The van der Waals surface area contributed by atoms with E-state index in [0.717, 1.165) is 0 Å². The molecule has 1 aromatic carbocycles. The molecule has 0 saturated carbocycles. The van der Waals surface area contributed by atoms with Gasteiger partial charge in [0.25, 0.3) is 15.9 Å². The molecule has 1 atom stereocenters. The lowest BCUT2D eigenvalue weighted by molar-refractivity contribution is -0.125. The Balaban J connectivity index is 2.81. The number of carbonyl (C=O) groups is 1. The predicted molar refractivity (Wildman–Crippen MR) is 80.7 cm³/mol. The summed E-state index contributed by atoms with van der Waals surface area (Å²) < 4.78 is 31.6.